The first-order valence-electron chi connectivity index (χ1n) is 7.67. The number of aromatic carboxylic acids is 1. The van der Waals surface area contributed by atoms with Gasteiger partial charge in [-0.05, 0) is 43.2 Å². The fourth-order valence-electron chi connectivity index (χ4n) is 2.64. The molecule has 0 saturated carbocycles. The number of aryl methyl sites for hydroxylation is 1. The van der Waals surface area contributed by atoms with Gasteiger partial charge in [0.15, 0.2) is 0 Å². The summed E-state index contributed by atoms with van der Waals surface area (Å²) in [7, 11) is 0. The zero-order chi connectivity index (χ0) is 18.1. The second kappa shape index (κ2) is 6.27. The average molecular weight is 339 g/mol. The molecule has 1 aliphatic heterocycles. The lowest BCUT2D eigenvalue weighted by molar-refractivity contribution is -0.255. The van der Waals surface area contributed by atoms with Crippen molar-refractivity contribution in [1.29, 1.82) is 0 Å². The van der Waals surface area contributed by atoms with Crippen LogP contribution in [0, 0.1) is 6.92 Å². The lowest BCUT2D eigenvalue weighted by Crippen LogP contribution is -2.30. The highest BCUT2D eigenvalue weighted by molar-refractivity contribution is 6.13. The number of rotatable bonds is 4. The number of carboxylic acid groups (broad SMARTS) is 1. The molecule has 1 aromatic heterocycles. The van der Waals surface area contributed by atoms with Crippen LogP contribution in [0.4, 0.5) is 4.79 Å². The summed E-state index contributed by atoms with van der Waals surface area (Å²) in [5.41, 5.74) is 1.69. The minimum atomic E-state index is -1.24. The van der Waals surface area contributed by atoms with Crippen molar-refractivity contribution in [2.45, 2.75) is 13.8 Å². The number of urea groups is 1. The summed E-state index contributed by atoms with van der Waals surface area (Å²) >= 11 is 0. The predicted octanol–water partition coefficient (Wildman–Crippen LogP) is 1.53. The van der Waals surface area contributed by atoms with Crippen LogP contribution in [0.1, 0.15) is 28.6 Å². The largest absolute Gasteiger partial charge is 0.545 e. The van der Waals surface area contributed by atoms with E-state index in [2.05, 4.69) is 5.32 Å². The highest BCUT2D eigenvalue weighted by Crippen LogP contribution is 2.27. The average Bonchev–Trinajstić information content (AvgIpc) is 3.12. The molecule has 0 bridgehead atoms. The Morgan fingerprint density at radius 2 is 2.04 bits per heavy atom. The van der Waals surface area contributed by atoms with Crippen molar-refractivity contribution in [3.05, 3.63) is 52.9 Å². The van der Waals surface area contributed by atoms with Crippen molar-refractivity contribution in [1.82, 2.24) is 10.2 Å². The van der Waals surface area contributed by atoms with E-state index in [-0.39, 0.29) is 17.8 Å². The van der Waals surface area contributed by atoms with Crippen LogP contribution in [-0.4, -0.2) is 29.4 Å². The van der Waals surface area contributed by atoms with E-state index in [1.54, 1.807) is 32.0 Å². The predicted molar refractivity (Wildman–Crippen MR) is 87.1 cm³/mol. The number of benzene rings is 1. The van der Waals surface area contributed by atoms with Crippen LogP contribution in [-0.2, 0) is 4.79 Å². The number of imide groups is 1. The van der Waals surface area contributed by atoms with E-state index in [1.807, 2.05) is 0 Å². The Morgan fingerprint density at radius 1 is 1.28 bits per heavy atom. The molecule has 7 nitrogen and oxygen atoms in total. The second-order valence-electron chi connectivity index (χ2n) is 5.56. The first-order valence-corrected chi connectivity index (χ1v) is 7.67. The standard InChI is InChI=1S/C18H16N2O5/c1-3-20-16(21)14(19-18(20)24)9-12-5-7-15(25-12)13-6-4-11(17(22)23)8-10(13)2/h4-9H,3H2,1-2H3,(H,19,24)(H,22,23)/p-1/b14-9+. The molecule has 1 N–H and O–H groups in total. The number of nitrogens with one attached hydrogen (secondary N) is 1. The molecule has 3 amide bonds. The molecule has 7 heteroatoms. The van der Waals surface area contributed by atoms with E-state index in [1.165, 1.54) is 18.2 Å². The van der Waals surface area contributed by atoms with Gasteiger partial charge >= 0.3 is 6.03 Å². The van der Waals surface area contributed by atoms with Gasteiger partial charge in [0.2, 0.25) is 0 Å². The summed E-state index contributed by atoms with van der Waals surface area (Å²) in [5, 5.41) is 13.4. The summed E-state index contributed by atoms with van der Waals surface area (Å²) in [4.78, 5) is 35.7. The molecule has 0 radical (unpaired) electrons. The third-order valence-electron chi connectivity index (χ3n) is 3.92. The van der Waals surface area contributed by atoms with Gasteiger partial charge in [0.25, 0.3) is 5.91 Å². The van der Waals surface area contributed by atoms with Crippen LogP contribution in [0.2, 0.25) is 0 Å². The van der Waals surface area contributed by atoms with E-state index in [4.69, 9.17) is 4.42 Å². The van der Waals surface area contributed by atoms with E-state index in [0.29, 0.717) is 11.5 Å². The van der Waals surface area contributed by atoms with Gasteiger partial charge in [-0.3, -0.25) is 9.69 Å². The number of carbonyl (C=O) groups excluding carboxylic acids is 3. The molecule has 1 aromatic carbocycles. The Balaban J connectivity index is 1.89. The van der Waals surface area contributed by atoms with Crippen LogP contribution in [0.5, 0.6) is 0 Å². The highest BCUT2D eigenvalue weighted by atomic mass is 16.4. The third kappa shape index (κ3) is 3.03. The van der Waals surface area contributed by atoms with E-state index in [9.17, 15) is 19.5 Å². The van der Waals surface area contributed by atoms with Crippen LogP contribution >= 0.6 is 0 Å². The second-order valence-corrected chi connectivity index (χ2v) is 5.56. The van der Waals surface area contributed by atoms with Crippen LogP contribution in [0.3, 0.4) is 0 Å². The van der Waals surface area contributed by atoms with Crippen molar-refractivity contribution in [3.63, 3.8) is 0 Å². The number of carboxylic acids is 1. The maximum Gasteiger partial charge on any atom is 0.328 e. The van der Waals surface area contributed by atoms with E-state index in [0.717, 1.165) is 16.0 Å². The Kier molecular flexibility index (Phi) is 4.14. The van der Waals surface area contributed by atoms with Gasteiger partial charge in [-0.2, -0.15) is 0 Å². The number of likely N-dealkylation sites (N-methyl/N-ethyl adjacent to an activating group) is 1. The Hall–Kier alpha value is -3.35. The number of carbonyl (C=O) groups is 3. The van der Waals surface area contributed by atoms with Crippen LogP contribution < -0.4 is 10.4 Å². The van der Waals surface area contributed by atoms with Crippen LogP contribution in [0.25, 0.3) is 17.4 Å². The molecule has 0 unspecified atom stereocenters. The third-order valence-corrected chi connectivity index (χ3v) is 3.92. The quantitative estimate of drug-likeness (QED) is 0.672. The van der Waals surface area contributed by atoms with Gasteiger partial charge in [0.05, 0.1) is 5.97 Å². The number of furan rings is 1. The molecule has 2 aromatic rings. The van der Waals surface area contributed by atoms with Gasteiger partial charge in [0.1, 0.15) is 17.2 Å². The van der Waals surface area contributed by atoms with Crippen molar-refractivity contribution < 1.29 is 23.9 Å². The van der Waals surface area contributed by atoms with E-state index >= 15 is 0 Å². The fraction of sp³-hybridized carbons (Fsp3) is 0.167. The minimum Gasteiger partial charge on any atom is -0.545 e. The molecule has 0 atom stereocenters. The van der Waals surface area contributed by atoms with Crippen molar-refractivity contribution >= 4 is 24.0 Å². The zero-order valence-electron chi connectivity index (χ0n) is 13.7. The summed E-state index contributed by atoms with van der Waals surface area (Å²) in [6.07, 6.45) is 1.46. The lowest BCUT2D eigenvalue weighted by atomic mass is 10.0. The molecule has 1 saturated heterocycles. The first kappa shape index (κ1) is 16.5. The van der Waals surface area contributed by atoms with Gasteiger partial charge in [-0.15, -0.1) is 0 Å². The molecule has 2 heterocycles. The SMILES string of the molecule is CCN1C(=O)N/C(=C/c2ccc(-c3ccc(C(=O)[O-])cc3C)o2)C1=O. The zero-order valence-corrected chi connectivity index (χ0v) is 13.7. The maximum atomic E-state index is 12.1. The number of hydrogen-bond acceptors (Lipinski definition) is 5. The number of amides is 3. The van der Waals surface area contributed by atoms with Gasteiger partial charge in [-0.25, -0.2) is 4.79 Å². The highest BCUT2D eigenvalue weighted by Gasteiger charge is 2.32. The Bertz CT molecular complexity index is 910. The van der Waals surface area contributed by atoms with Gasteiger partial charge in [-0.1, -0.05) is 12.1 Å². The van der Waals surface area contributed by atoms with Crippen LogP contribution in [0.15, 0.2) is 40.4 Å². The molecule has 1 fully saturated rings. The molecule has 128 valence electrons. The Morgan fingerprint density at radius 3 is 2.64 bits per heavy atom. The molecular formula is C18H15N2O5-. The van der Waals surface area contributed by atoms with Crippen molar-refractivity contribution in [3.8, 4) is 11.3 Å². The lowest BCUT2D eigenvalue weighted by Gasteiger charge is -2.07. The molecular weight excluding hydrogens is 324 g/mol. The molecule has 25 heavy (non-hydrogen) atoms. The molecule has 3 rings (SSSR count). The topological polar surface area (TPSA) is 103 Å². The summed E-state index contributed by atoms with van der Waals surface area (Å²) in [6, 6.07) is 7.51. The Labute approximate surface area is 143 Å². The van der Waals surface area contributed by atoms with E-state index < -0.39 is 17.9 Å². The molecule has 1 aliphatic rings. The normalized spacial score (nSPS) is 15.8. The van der Waals surface area contributed by atoms with Crippen molar-refractivity contribution in [2.24, 2.45) is 0 Å². The van der Waals surface area contributed by atoms with Gasteiger partial charge < -0.3 is 19.6 Å². The maximum absolute atomic E-state index is 12.1. The number of nitrogens with zero attached hydrogens (tertiary/aromatic N) is 1. The van der Waals surface area contributed by atoms with Gasteiger partial charge in [0, 0.05) is 18.2 Å². The summed E-state index contributed by atoms with van der Waals surface area (Å²) in [5.74, 6) is -0.714. The molecule has 0 spiro atoms. The number of hydrogen-bond donors (Lipinski definition) is 1. The van der Waals surface area contributed by atoms with Crippen molar-refractivity contribution in [2.75, 3.05) is 6.54 Å². The fourth-order valence-corrected chi connectivity index (χ4v) is 2.64. The summed E-state index contributed by atoms with van der Waals surface area (Å²) in [6.45, 7) is 3.77. The summed E-state index contributed by atoms with van der Waals surface area (Å²) < 4.78 is 5.70. The minimum absolute atomic E-state index is 0.0917. The smallest absolute Gasteiger partial charge is 0.328 e. The monoisotopic (exact) mass is 339 g/mol. The first-order chi connectivity index (χ1) is 11.9. The molecule has 0 aliphatic carbocycles.